The molecule has 0 saturated carbocycles. The fourth-order valence-corrected chi connectivity index (χ4v) is 7.28. The number of allylic oxidation sites excluding steroid dienone is 1. The van der Waals surface area contributed by atoms with Gasteiger partial charge in [0.05, 0.1) is 36.8 Å². The maximum atomic E-state index is 13.5. The molecule has 4 rings (SSSR count). The van der Waals surface area contributed by atoms with Gasteiger partial charge in [0.2, 0.25) is 24.1 Å². The first-order valence-corrected chi connectivity index (χ1v) is 20.9. The minimum atomic E-state index is -1.15. The van der Waals surface area contributed by atoms with Crippen LogP contribution in [0.4, 0.5) is 0 Å². The number of ether oxygens (including phenoxy) is 4. The number of rotatable bonds is 15. The molecule has 11 atom stereocenters. The van der Waals surface area contributed by atoms with Crippen molar-refractivity contribution < 1.29 is 61.6 Å². The zero-order chi connectivity index (χ0) is 45.5. The zero-order valence-corrected chi connectivity index (χ0v) is 37.0. The monoisotopic (exact) mass is 866 g/mol. The quantitative estimate of drug-likeness (QED) is 0.128. The first-order valence-electron chi connectivity index (χ1n) is 20.9. The van der Waals surface area contributed by atoms with Gasteiger partial charge in [0.15, 0.2) is 17.2 Å². The van der Waals surface area contributed by atoms with Gasteiger partial charge in [-0.25, -0.2) is 15.0 Å². The Morgan fingerprint density at radius 3 is 2.32 bits per heavy atom. The van der Waals surface area contributed by atoms with Crippen molar-refractivity contribution in [3.05, 3.63) is 60.9 Å². The summed E-state index contributed by atoms with van der Waals surface area (Å²) in [5, 5.41) is 21.7. The Hall–Kier alpha value is -5.07. The highest BCUT2D eigenvalue weighted by Crippen LogP contribution is 2.31. The second-order valence-electron chi connectivity index (χ2n) is 16.1. The first-order chi connectivity index (χ1) is 29.6. The van der Waals surface area contributed by atoms with E-state index in [9.17, 15) is 29.4 Å². The molecule has 0 radical (unpaired) electrons. The average Bonchev–Trinajstić information content (AvgIpc) is 4.06. The molecule has 62 heavy (non-hydrogen) atoms. The molecule has 340 valence electrons. The predicted octanol–water partition coefficient (Wildman–Crippen LogP) is 6.18. The van der Waals surface area contributed by atoms with Gasteiger partial charge in [0, 0.05) is 65.2 Å². The number of esters is 1. The molecule has 17 heteroatoms. The Morgan fingerprint density at radius 1 is 0.952 bits per heavy atom. The number of nitrogens with zero attached hydrogens (tertiary/aromatic N) is 4. The fourth-order valence-electron chi connectivity index (χ4n) is 7.28. The number of fused-ring (bicyclic) bond motifs is 8. The number of amides is 1. The van der Waals surface area contributed by atoms with Crippen molar-refractivity contribution in [3.63, 3.8) is 0 Å². The molecule has 3 aromatic heterocycles. The third-order valence-corrected chi connectivity index (χ3v) is 11.5. The zero-order valence-electron chi connectivity index (χ0n) is 37.0. The predicted molar refractivity (Wildman–Crippen MR) is 225 cm³/mol. The van der Waals surface area contributed by atoms with E-state index in [0.29, 0.717) is 36.3 Å². The van der Waals surface area contributed by atoms with Crippen molar-refractivity contribution in [1.29, 1.82) is 0 Å². The van der Waals surface area contributed by atoms with Gasteiger partial charge >= 0.3 is 5.97 Å². The number of hydrogen-bond acceptors (Lipinski definition) is 16. The number of Topliss-reactive ketones (excluding diaryl/α,β-unsaturated/α-hetero) is 1. The van der Waals surface area contributed by atoms with E-state index in [4.69, 9.17) is 32.2 Å². The highest BCUT2D eigenvalue weighted by molar-refractivity contribution is 5.92. The number of carbonyl (C=O) groups is 4. The molecule has 4 heterocycles. The average molecular weight is 867 g/mol. The lowest BCUT2D eigenvalue weighted by atomic mass is 9.84. The summed E-state index contributed by atoms with van der Waals surface area (Å²) in [6.07, 6.45) is 10.8. The molecule has 1 amide bonds. The Bertz CT molecular complexity index is 1980. The first kappa shape index (κ1) is 49.6. The maximum Gasteiger partial charge on any atom is 0.308 e. The molecule has 3 aromatic rings. The van der Waals surface area contributed by atoms with Crippen LogP contribution in [0.3, 0.4) is 0 Å². The van der Waals surface area contributed by atoms with Crippen molar-refractivity contribution >= 4 is 30.0 Å². The van der Waals surface area contributed by atoms with E-state index in [1.807, 2.05) is 19.9 Å². The summed E-state index contributed by atoms with van der Waals surface area (Å²) in [4.78, 5) is 65.6. The molecule has 6 bridgehead atoms. The molecule has 1 aliphatic rings. The van der Waals surface area contributed by atoms with Crippen molar-refractivity contribution in [3.8, 4) is 23.2 Å². The Kier molecular flexibility index (Phi) is 19.2. The van der Waals surface area contributed by atoms with E-state index in [-0.39, 0.29) is 72.7 Å². The van der Waals surface area contributed by atoms with E-state index in [0.717, 1.165) is 0 Å². The standard InChI is InChI=1S/C45H62N4O13/c1-26(16-17-36(53)28(3)42(55)27(2)18-19-49(6)25-50)38(57-8)21-39-30(5)37(56-7)14-11-15-40-46-33(23-59-40)44-48-34(24-61-44)45-47-32(22-60-45)43(58-9)29(4)35(52)13-10-12-31(51)20-41(54)62-39/h10-11,13,15,18-19,22-31,37-39,42-43,51,55H,12,14,16-17,20-21H2,1-9H3/b13-10-,15-11?,19-18+/t26-,27+,28-,29-,30-,31+,37+,38+,39-,42-,43-/m0/s1. The van der Waals surface area contributed by atoms with E-state index < -0.39 is 54.4 Å². The molecule has 0 aromatic carbocycles. The van der Waals surface area contributed by atoms with Crippen LogP contribution >= 0.6 is 0 Å². The number of ketones is 2. The van der Waals surface area contributed by atoms with Crippen molar-refractivity contribution in [1.82, 2.24) is 19.9 Å². The number of oxazole rings is 3. The number of cyclic esters (lactones) is 1. The third-order valence-electron chi connectivity index (χ3n) is 11.5. The molecule has 1 aliphatic heterocycles. The van der Waals surface area contributed by atoms with Gasteiger partial charge in [0.1, 0.15) is 42.5 Å². The number of methoxy groups -OCH3 is 3. The van der Waals surface area contributed by atoms with Crippen LogP contribution in [0.2, 0.25) is 0 Å². The summed E-state index contributed by atoms with van der Waals surface area (Å²) in [5.41, 5.74) is 0.995. The number of carbonyl (C=O) groups excluding carboxylic acids is 4. The minimum Gasteiger partial charge on any atom is -0.462 e. The molecular formula is C45H62N4O13. The van der Waals surface area contributed by atoms with Gasteiger partial charge in [0.25, 0.3) is 0 Å². The Balaban J connectivity index is 1.54. The second-order valence-corrected chi connectivity index (χ2v) is 16.1. The van der Waals surface area contributed by atoms with Crippen molar-refractivity contribution in [2.45, 2.75) is 110 Å². The van der Waals surface area contributed by atoms with Gasteiger partial charge < -0.3 is 47.3 Å². The van der Waals surface area contributed by atoms with E-state index in [1.54, 1.807) is 60.4 Å². The maximum absolute atomic E-state index is 13.5. The van der Waals surface area contributed by atoms with Crippen molar-refractivity contribution in [2.24, 2.45) is 29.6 Å². The summed E-state index contributed by atoms with van der Waals surface area (Å²) < 4.78 is 40.6. The number of hydrogen-bond donors (Lipinski definition) is 2. The lowest BCUT2D eigenvalue weighted by molar-refractivity contribution is -0.159. The highest BCUT2D eigenvalue weighted by atomic mass is 16.6. The summed E-state index contributed by atoms with van der Waals surface area (Å²) in [6, 6.07) is 0. The Morgan fingerprint density at radius 2 is 1.63 bits per heavy atom. The smallest absolute Gasteiger partial charge is 0.308 e. The minimum absolute atomic E-state index is 0.00560. The highest BCUT2D eigenvalue weighted by Gasteiger charge is 2.34. The largest absolute Gasteiger partial charge is 0.462 e. The van der Waals surface area contributed by atoms with Gasteiger partial charge in [-0.3, -0.25) is 19.2 Å². The number of aliphatic hydroxyl groups excluding tert-OH is 2. The van der Waals surface area contributed by atoms with E-state index >= 15 is 0 Å². The normalized spacial score (nSPS) is 24.9. The van der Waals surface area contributed by atoms with Crippen LogP contribution in [0, 0.1) is 29.6 Å². The topological polar surface area (TPSA) is 227 Å². The lowest BCUT2D eigenvalue weighted by Crippen LogP contribution is -2.39. The second kappa shape index (κ2) is 24.0. The summed E-state index contributed by atoms with van der Waals surface area (Å²) in [7, 11) is 6.16. The molecule has 0 fully saturated rings. The van der Waals surface area contributed by atoms with E-state index in [2.05, 4.69) is 15.0 Å². The number of aromatic nitrogens is 3. The molecule has 17 nitrogen and oxygen atoms in total. The van der Waals surface area contributed by atoms with Gasteiger partial charge in [-0.15, -0.1) is 0 Å². The van der Waals surface area contributed by atoms with Crippen LogP contribution in [0.1, 0.15) is 90.8 Å². The third kappa shape index (κ3) is 13.7. The van der Waals surface area contributed by atoms with Crippen LogP contribution in [0.15, 0.2) is 62.5 Å². The van der Waals surface area contributed by atoms with Crippen LogP contribution in [0.5, 0.6) is 0 Å². The molecule has 0 unspecified atom stereocenters. The Labute approximate surface area is 362 Å². The van der Waals surface area contributed by atoms with Gasteiger partial charge in [-0.05, 0) is 37.3 Å². The van der Waals surface area contributed by atoms with Crippen LogP contribution in [-0.2, 0) is 38.1 Å². The molecule has 2 N–H and O–H groups in total. The lowest BCUT2D eigenvalue weighted by Gasteiger charge is -2.33. The van der Waals surface area contributed by atoms with Crippen LogP contribution in [-0.4, -0.2) is 113 Å². The van der Waals surface area contributed by atoms with Gasteiger partial charge in [-0.1, -0.05) is 52.8 Å². The summed E-state index contributed by atoms with van der Waals surface area (Å²) in [6.45, 7) is 9.01. The number of aliphatic hydroxyl groups is 2. The van der Waals surface area contributed by atoms with Crippen molar-refractivity contribution in [2.75, 3.05) is 28.4 Å². The van der Waals surface area contributed by atoms with Gasteiger partial charge in [-0.2, -0.15) is 0 Å². The SMILES string of the molecule is CO[C@@H]1c2coc(n2)-c2coc(n2)-c2coc(n2)C=CC[C@@H](OC)[C@H](C)[C@H](C[C@@H](OC)[C@@H](C)CCC(=O)[C@H](C)[C@@H](O)[C@H](C)/C=C/N(C)C=O)OC(=O)C[C@H](O)C/C=C\C(=O)[C@@H]1C. The summed E-state index contributed by atoms with van der Waals surface area (Å²) in [5.74, 6) is -2.71. The molecular weight excluding hydrogens is 805 g/mol. The van der Waals surface area contributed by atoms with Crippen LogP contribution < -0.4 is 0 Å². The molecule has 0 aliphatic carbocycles. The van der Waals surface area contributed by atoms with E-state index in [1.165, 1.54) is 43.0 Å². The van der Waals surface area contributed by atoms with Crippen LogP contribution in [0.25, 0.3) is 29.2 Å². The summed E-state index contributed by atoms with van der Waals surface area (Å²) >= 11 is 0. The molecule has 0 spiro atoms. The fraction of sp³-hybridized carbons (Fsp3) is 0.578. The molecule has 0 saturated heterocycles.